The lowest BCUT2D eigenvalue weighted by Gasteiger charge is -2.03. The topological polar surface area (TPSA) is 84.7 Å². The molecule has 3 N–H and O–H groups in total. The van der Waals surface area contributed by atoms with Gasteiger partial charge in [0, 0.05) is 11.3 Å². The second-order valence-electron chi connectivity index (χ2n) is 5.10. The lowest BCUT2D eigenvalue weighted by atomic mass is 10.2. The second-order valence-corrected chi connectivity index (χ2v) is 5.10. The number of rotatable bonds is 4. The van der Waals surface area contributed by atoms with Crippen LogP contribution in [-0.4, -0.2) is 15.2 Å². The fourth-order valence-electron chi connectivity index (χ4n) is 2.17. The summed E-state index contributed by atoms with van der Waals surface area (Å²) in [6.45, 7) is 0. The SMILES string of the molecule is Nc1ccccc1-c1nnc(/C=C/C=C/c2ccccc2)c(=O)[nH]1. The molecule has 0 amide bonds. The molecule has 0 spiro atoms. The molecule has 0 atom stereocenters. The van der Waals surface area contributed by atoms with Gasteiger partial charge < -0.3 is 10.7 Å². The normalized spacial score (nSPS) is 11.3. The number of anilines is 1. The highest BCUT2D eigenvalue weighted by molar-refractivity contribution is 5.70. The van der Waals surface area contributed by atoms with Crippen LogP contribution in [-0.2, 0) is 0 Å². The molecule has 0 aliphatic rings. The Hall–Kier alpha value is -3.47. The molecule has 3 rings (SSSR count). The van der Waals surface area contributed by atoms with Crippen molar-refractivity contribution < 1.29 is 0 Å². The Morgan fingerprint density at radius 2 is 1.58 bits per heavy atom. The Morgan fingerprint density at radius 3 is 2.33 bits per heavy atom. The fourth-order valence-corrected chi connectivity index (χ4v) is 2.17. The predicted molar refractivity (Wildman–Crippen MR) is 97.0 cm³/mol. The van der Waals surface area contributed by atoms with E-state index < -0.39 is 0 Å². The van der Waals surface area contributed by atoms with Gasteiger partial charge in [-0.2, -0.15) is 0 Å². The predicted octanol–water partition coefficient (Wildman–Crippen LogP) is 3.14. The molecule has 0 saturated carbocycles. The van der Waals surface area contributed by atoms with Crippen LogP contribution in [0.25, 0.3) is 23.5 Å². The molecule has 0 saturated heterocycles. The van der Waals surface area contributed by atoms with Crippen LogP contribution < -0.4 is 11.3 Å². The fraction of sp³-hybridized carbons (Fsp3) is 0. The van der Waals surface area contributed by atoms with Gasteiger partial charge in [-0.05, 0) is 23.8 Å². The van der Waals surface area contributed by atoms with Crippen LogP contribution in [0.2, 0.25) is 0 Å². The molecule has 0 aliphatic heterocycles. The summed E-state index contributed by atoms with van der Waals surface area (Å²) in [5.41, 5.74) is 8.08. The molecular weight excluding hydrogens is 300 g/mol. The van der Waals surface area contributed by atoms with E-state index in [4.69, 9.17) is 5.73 Å². The third-order valence-corrected chi connectivity index (χ3v) is 3.39. The Labute approximate surface area is 139 Å². The number of nitrogen functional groups attached to an aromatic ring is 1. The van der Waals surface area contributed by atoms with Crippen LogP contribution in [0, 0.1) is 0 Å². The highest BCUT2D eigenvalue weighted by atomic mass is 16.1. The van der Waals surface area contributed by atoms with Gasteiger partial charge in [-0.3, -0.25) is 4.79 Å². The lowest BCUT2D eigenvalue weighted by Crippen LogP contribution is -2.15. The van der Waals surface area contributed by atoms with Gasteiger partial charge in [-0.15, -0.1) is 10.2 Å². The first kappa shape index (κ1) is 15.4. The van der Waals surface area contributed by atoms with Crippen molar-refractivity contribution in [2.75, 3.05) is 5.73 Å². The summed E-state index contributed by atoms with van der Waals surface area (Å²) in [6, 6.07) is 17.1. The highest BCUT2D eigenvalue weighted by Crippen LogP contribution is 2.20. The summed E-state index contributed by atoms with van der Waals surface area (Å²) in [6.07, 6.45) is 7.16. The lowest BCUT2D eigenvalue weighted by molar-refractivity contribution is 0.942. The minimum absolute atomic E-state index is 0.242. The first-order valence-electron chi connectivity index (χ1n) is 7.46. The maximum atomic E-state index is 12.1. The van der Waals surface area contributed by atoms with Crippen molar-refractivity contribution in [3.05, 3.63) is 88.4 Å². The van der Waals surface area contributed by atoms with Gasteiger partial charge in [-0.25, -0.2) is 0 Å². The molecule has 1 heterocycles. The third-order valence-electron chi connectivity index (χ3n) is 3.39. The molecule has 5 nitrogen and oxygen atoms in total. The first-order valence-corrected chi connectivity index (χ1v) is 7.46. The van der Waals surface area contributed by atoms with Crippen molar-refractivity contribution >= 4 is 17.8 Å². The van der Waals surface area contributed by atoms with E-state index in [1.165, 1.54) is 0 Å². The molecule has 24 heavy (non-hydrogen) atoms. The van der Waals surface area contributed by atoms with Gasteiger partial charge in [0.05, 0.1) is 0 Å². The van der Waals surface area contributed by atoms with Crippen molar-refractivity contribution in [2.45, 2.75) is 0 Å². The molecule has 0 fully saturated rings. The quantitative estimate of drug-likeness (QED) is 0.572. The minimum Gasteiger partial charge on any atom is -0.398 e. The maximum Gasteiger partial charge on any atom is 0.277 e. The number of para-hydroxylation sites is 1. The molecule has 2 aromatic carbocycles. The largest absolute Gasteiger partial charge is 0.398 e. The molecular formula is C19H16N4O. The summed E-state index contributed by atoms with van der Waals surface area (Å²) in [4.78, 5) is 14.8. The number of nitrogens with one attached hydrogen (secondary N) is 1. The van der Waals surface area contributed by atoms with Gasteiger partial charge in [-0.1, -0.05) is 60.7 Å². The Bertz CT molecular complexity index is 943. The van der Waals surface area contributed by atoms with Gasteiger partial charge in [0.2, 0.25) is 0 Å². The summed E-state index contributed by atoms with van der Waals surface area (Å²) in [5.74, 6) is 0.357. The zero-order valence-corrected chi connectivity index (χ0v) is 12.9. The number of nitrogens with zero attached hydrogens (tertiary/aromatic N) is 2. The highest BCUT2D eigenvalue weighted by Gasteiger charge is 2.06. The minimum atomic E-state index is -0.312. The van der Waals surface area contributed by atoms with E-state index in [-0.39, 0.29) is 11.3 Å². The molecule has 3 aromatic rings. The summed E-state index contributed by atoms with van der Waals surface area (Å²) < 4.78 is 0. The third kappa shape index (κ3) is 3.64. The maximum absolute atomic E-state index is 12.1. The molecule has 0 radical (unpaired) electrons. The Balaban J connectivity index is 1.78. The van der Waals surface area contributed by atoms with Crippen molar-refractivity contribution in [3.63, 3.8) is 0 Å². The Morgan fingerprint density at radius 1 is 0.875 bits per heavy atom. The zero-order chi connectivity index (χ0) is 16.8. The van der Waals surface area contributed by atoms with Crippen LogP contribution in [0.15, 0.2) is 71.5 Å². The van der Waals surface area contributed by atoms with E-state index in [2.05, 4.69) is 15.2 Å². The van der Waals surface area contributed by atoms with E-state index in [1.54, 1.807) is 24.3 Å². The number of hydrogen-bond acceptors (Lipinski definition) is 4. The van der Waals surface area contributed by atoms with Crippen molar-refractivity contribution in [1.29, 1.82) is 0 Å². The molecule has 5 heteroatoms. The average molecular weight is 316 g/mol. The second kappa shape index (κ2) is 7.19. The van der Waals surface area contributed by atoms with E-state index >= 15 is 0 Å². The summed E-state index contributed by atoms with van der Waals surface area (Å²) in [7, 11) is 0. The number of benzene rings is 2. The number of nitrogens with two attached hydrogens (primary N) is 1. The number of aromatic nitrogens is 3. The summed E-state index contributed by atoms with van der Waals surface area (Å²) >= 11 is 0. The standard InChI is InChI=1S/C19H16N4O/c20-16-12-6-5-11-15(16)18-21-19(24)17(22-23-18)13-7-4-10-14-8-2-1-3-9-14/h1-13H,20H2,(H,21,23,24)/b10-4+,13-7+. The van der Waals surface area contributed by atoms with Crippen molar-refractivity contribution in [1.82, 2.24) is 15.2 Å². The van der Waals surface area contributed by atoms with Crippen LogP contribution >= 0.6 is 0 Å². The zero-order valence-electron chi connectivity index (χ0n) is 12.9. The average Bonchev–Trinajstić information content (AvgIpc) is 2.61. The molecule has 0 aliphatic carbocycles. The van der Waals surface area contributed by atoms with E-state index in [0.717, 1.165) is 5.56 Å². The number of allylic oxidation sites excluding steroid dienone is 2. The van der Waals surface area contributed by atoms with E-state index in [9.17, 15) is 4.79 Å². The van der Waals surface area contributed by atoms with E-state index in [1.807, 2.05) is 54.6 Å². The van der Waals surface area contributed by atoms with Crippen LogP contribution in [0.3, 0.4) is 0 Å². The number of H-pyrrole nitrogens is 1. The van der Waals surface area contributed by atoms with Crippen LogP contribution in [0.5, 0.6) is 0 Å². The Kier molecular flexibility index (Phi) is 4.62. The van der Waals surface area contributed by atoms with Gasteiger partial charge >= 0.3 is 0 Å². The smallest absolute Gasteiger partial charge is 0.277 e. The number of aromatic amines is 1. The molecule has 0 unspecified atom stereocenters. The van der Waals surface area contributed by atoms with E-state index in [0.29, 0.717) is 17.1 Å². The van der Waals surface area contributed by atoms with Crippen LogP contribution in [0.1, 0.15) is 11.3 Å². The van der Waals surface area contributed by atoms with Gasteiger partial charge in [0.1, 0.15) is 0 Å². The van der Waals surface area contributed by atoms with Gasteiger partial charge in [0.15, 0.2) is 11.5 Å². The first-order chi connectivity index (χ1) is 11.7. The molecule has 0 bridgehead atoms. The monoisotopic (exact) mass is 316 g/mol. The summed E-state index contributed by atoms with van der Waals surface area (Å²) in [5, 5.41) is 8.02. The molecule has 1 aromatic heterocycles. The van der Waals surface area contributed by atoms with Crippen LogP contribution in [0.4, 0.5) is 5.69 Å². The number of hydrogen-bond donors (Lipinski definition) is 2. The van der Waals surface area contributed by atoms with Crippen molar-refractivity contribution in [2.24, 2.45) is 0 Å². The molecule has 118 valence electrons. The van der Waals surface area contributed by atoms with Gasteiger partial charge in [0.25, 0.3) is 5.56 Å². The van der Waals surface area contributed by atoms with Crippen molar-refractivity contribution in [3.8, 4) is 11.4 Å².